The van der Waals surface area contributed by atoms with Crippen LogP contribution in [0.3, 0.4) is 0 Å². The lowest BCUT2D eigenvalue weighted by Gasteiger charge is -2.28. The maximum absolute atomic E-state index is 11.9. The van der Waals surface area contributed by atoms with E-state index >= 15 is 0 Å². The summed E-state index contributed by atoms with van der Waals surface area (Å²) in [5.41, 5.74) is 0. The highest BCUT2D eigenvalue weighted by atomic mass is 16.3. The molecule has 0 aromatic heterocycles. The highest BCUT2D eigenvalue weighted by Gasteiger charge is 2.29. The second kappa shape index (κ2) is 6.36. The molecule has 4 N–H and O–H groups in total. The van der Waals surface area contributed by atoms with Gasteiger partial charge in [-0.3, -0.25) is 4.79 Å². The van der Waals surface area contributed by atoms with E-state index in [0.717, 1.165) is 51.6 Å². The Morgan fingerprint density at radius 1 is 1.12 bits per heavy atom. The van der Waals surface area contributed by atoms with Gasteiger partial charge in [0.25, 0.3) is 0 Å². The second-order valence-corrected chi connectivity index (χ2v) is 5.49. The number of amides is 1. The average molecular weight is 241 g/mol. The molecule has 2 fully saturated rings. The highest BCUT2D eigenvalue weighted by molar-refractivity contribution is 5.81. The first-order valence-electron chi connectivity index (χ1n) is 7.07. The summed E-state index contributed by atoms with van der Waals surface area (Å²) in [6, 6.07) is 0.283. The number of quaternary nitrogens is 1. The van der Waals surface area contributed by atoms with E-state index in [4.69, 9.17) is 0 Å². The molecule has 1 saturated carbocycles. The molecule has 1 aliphatic heterocycles. The lowest BCUT2D eigenvalue weighted by molar-refractivity contribution is -0.663. The second-order valence-electron chi connectivity index (χ2n) is 5.49. The van der Waals surface area contributed by atoms with Crippen LogP contribution >= 0.6 is 0 Å². The van der Waals surface area contributed by atoms with Gasteiger partial charge in [0, 0.05) is 18.9 Å². The number of piperidine rings is 1. The molecule has 0 radical (unpaired) electrons. The first kappa shape index (κ1) is 12.8. The summed E-state index contributed by atoms with van der Waals surface area (Å²) >= 11 is 0. The van der Waals surface area contributed by atoms with E-state index in [1.54, 1.807) is 0 Å². The van der Waals surface area contributed by atoms with Crippen molar-refractivity contribution in [3.8, 4) is 0 Å². The fourth-order valence-electron chi connectivity index (χ4n) is 3.02. The average Bonchev–Trinajstić information content (AvgIpc) is 2.40. The van der Waals surface area contributed by atoms with Crippen molar-refractivity contribution in [3.63, 3.8) is 0 Å². The highest BCUT2D eigenvalue weighted by Crippen LogP contribution is 2.26. The summed E-state index contributed by atoms with van der Waals surface area (Å²) in [5.74, 6) is 0.0581. The molecule has 4 nitrogen and oxygen atoms in total. The molecule has 0 bridgehead atoms. The zero-order valence-corrected chi connectivity index (χ0v) is 10.5. The van der Waals surface area contributed by atoms with Gasteiger partial charge in [-0.2, -0.15) is 0 Å². The standard InChI is InChI=1S/C13H24N2O2/c16-12(10-4-2-1-3-5-10)13(17)15-11-6-8-14-9-7-11/h10-12,14,16H,1-9H2,(H,15,17)/p+1. The number of hydrogen-bond acceptors (Lipinski definition) is 2. The molecule has 2 rings (SSSR count). The molecule has 98 valence electrons. The number of carbonyl (C=O) groups excluding carboxylic acids is 1. The van der Waals surface area contributed by atoms with Crippen molar-refractivity contribution in [3.05, 3.63) is 0 Å². The van der Waals surface area contributed by atoms with Gasteiger partial charge in [0.2, 0.25) is 5.91 Å². The van der Waals surface area contributed by atoms with Crippen molar-refractivity contribution in [1.82, 2.24) is 5.32 Å². The van der Waals surface area contributed by atoms with Crippen LogP contribution in [0.25, 0.3) is 0 Å². The van der Waals surface area contributed by atoms with Crippen LogP contribution in [0.4, 0.5) is 0 Å². The molecule has 0 aromatic rings. The Morgan fingerprint density at radius 2 is 1.76 bits per heavy atom. The van der Waals surface area contributed by atoms with E-state index in [2.05, 4.69) is 10.6 Å². The van der Waals surface area contributed by atoms with Crippen LogP contribution in [0.15, 0.2) is 0 Å². The summed E-state index contributed by atoms with van der Waals surface area (Å²) in [6.45, 7) is 2.18. The Labute approximate surface area is 103 Å². The van der Waals surface area contributed by atoms with E-state index in [0.29, 0.717) is 0 Å². The minimum absolute atomic E-state index is 0.135. The van der Waals surface area contributed by atoms with Crippen molar-refractivity contribution in [2.24, 2.45) is 5.92 Å². The zero-order valence-electron chi connectivity index (χ0n) is 10.5. The fraction of sp³-hybridized carbons (Fsp3) is 0.923. The molecular weight excluding hydrogens is 216 g/mol. The Morgan fingerprint density at radius 3 is 2.41 bits per heavy atom. The van der Waals surface area contributed by atoms with Crippen LogP contribution in [0, 0.1) is 5.92 Å². The van der Waals surface area contributed by atoms with Gasteiger partial charge in [0.05, 0.1) is 13.1 Å². The van der Waals surface area contributed by atoms with Gasteiger partial charge in [0.15, 0.2) is 0 Å². The van der Waals surface area contributed by atoms with Crippen LogP contribution in [0.2, 0.25) is 0 Å². The van der Waals surface area contributed by atoms with Gasteiger partial charge in [-0.05, 0) is 18.8 Å². The summed E-state index contributed by atoms with van der Waals surface area (Å²) in [5, 5.41) is 15.3. The summed E-state index contributed by atoms with van der Waals surface area (Å²) in [4.78, 5) is 11.9. The van der Waals surface area contributed by atoms with Gasteiger partial charge in [-0.1, -0.05) is 19.3 Å². The SMILES string of the molecule is O=C(NC1CC[NH2+]CC1)C(O)C1CCCCC1. The molecule has 1 amide bonds. The van der Waals surface area contributed by atoms with Crippen LogP contribution in [0.5, 0.6) is 0 Å². The lowest BCUT2D eigenvalue weighted by atomic mass is 9.85. The minimum atomic E-state index is -0.777. The summed E-state index contributed by atoms with van der Waals surface area (Å²) < 4.78 is 0. The number of nitrogens with two attached hydrogens (primary N) is 1. The molecular formula is C13H25N2O2+. The predicted octanol–water partition coefficient (Wildman–Crippen LogP) is -0.230. The largest absolute Gasteiger partial charge is 0.383 e. The van der Waals surface area contributed by atoms with E-state index < -0.39 is 6.10 Å². The molecule has 17 heavy (non-hydrogen) atoms. The van der Waals surface area contributed by atoms with E-state index in [1.807, 2.05) is 0 Å². The van der Waals surface area contributed by atoms with Gasteiger partial charge < -0.3 is 15.7 Å². The van der Waals surface area contributed by atoms with Crippen LogP contribution in [0.1, 0.15) is 44.9 Å². The Bertz CT molecular complexity index is 246. The van der Waals surface area contributed by atoms with E-state index in [-0.39, 0.29) is 17.9 Å². The summed E-state index contributed by atoms with van der Waals surface area (Å²) in [6.07, 6.45) is 6.87. The Kier molecular flexibility index (Phi) is 4.80. The maximum Gasteiger partial charge on any atom is 0.249 e. The molecule has 1 unspecified atom stereocenters. The van der Waals surface area contributed by atoms with Crippen LogP contribution in [-0.2, 0) is 4.79 Å². The molecule has 1 saturated heterocycles. The van der Waals surface area contributed by atoms with Crippen molar-refractivity contribution in [2.75, 3.05) is 13.1 Å². The number of aliphatic hydroxyl groups is 1. The van der Waals surface area contributed by atoms with E-state index in [9.17, 15) is 9.90 Å². The van der Waals surface area contributed by atoms with Crippen molar-refractivity contribution in [2.45, 2.75) is 57.1 Å². The molecule has 1 atom stereocenters. The van der Waals surface area contributed by atoms with Gasteiger partial charge >= 0.3 is 0 Å². The number of carbonyl (C=O) groups is 1. The Balaban J connectivity index is 1.77. The third-order valence-electron chi connectivity index (χ3n) is 4.15. The van der Waals surface area contributed by atoms with Crippen LogP contribution in [-0.4, -0.2) is 36.2 Å². The molecule has 1 aliphatic carbocycles. The molecule has 0 spiro atoms. The summed E-state index contributed by atoms with van der Waals surface area (Å²) in [7, 11) is 0. The monoisotopic (exact) mass is 241 g/mol. The van der Waals surface area contributed by atoms with Crippen LogP contribution < -0.4 is 10.6 Å². The molecule has 2 aliphatic rings. The van der Waals surface area contributed by atoms with Gasteiger partial charge in [0.1, 0.15) is 6.10 Å². The van der Waals surface area contributed by atoms with Crippen molar-refractivity contribution >= 4 is 5.91 Å². The van der Waals surface area contributed by atoms with Gasteiger partial charge in [-0.25, -0.2) is 0 Å². The molecule has 0 aromatic carbocycles. The number of hydrogen-bond donors (Lipinski definition) is 3. The first-order chi connectivity index (χ1) is 8.27. The minimum Gasteiger partial charge on any atom is -0.383 e. The number of rotatable bonds is 3. The first-order valence-corrected chi connectivity index (χ1v) is 7.07. The molecule has 1 heterocycles. The third kappa shape index (κ3) is 3.68. The quantitative estimate of drug-likeness (QED) is 0.639. The number of nitrogens with one attached hydrogen (secondary N) is 1. The third-order valence-corrected chi connectivity index (χ3v) is 4.15. The predicted molar refractivity (Wildman–Crippen MR) is 65.4 cm³/mol. The Hall–Kier alpha value is -0.610. The number of aliphatic hydroxyl groups excluding tert-OH is 1. The molecule has 4 heteroatoms. The van der Waals surface area contributed by atoms with Crippen molar-refractivity contribution in [1.29, 1.82) is 0 Å². The zero-order chi connectivity index (χ0) is 12.1. The topological polar surface area (TPSA) is 65.9 Å². The van der Waals surface area contributed by atoms with E-state index in [1.165, 1.54) is 6.42 Å². The smallest absolute Gasteiger partial charge is 0.249 e. The lowest BCUT2D eigenvalue weighted by Crippen LogP contribution is -2.87. The normalized spacial score (nSPS) is 25.5. The maximum atomic E-state index is 11.9. The fourth-order valence-corrected chi connectivity index (χ4v) is 3.02. The van der Waals surface area contributed by atoms with Gasteiger partial charge in [-0.15, -0.1) is 0 Å². The van der Waals surface area contributed by atoms with Crippen molar-refractivity contribution < 1.29 is 15.2 Å².